The Morgan fingerprint density at radius 2 is 1.73 bits per heavy atom. The highest BCUT2D eigenvalue weighted by molar-refractivity contribution is 7.89. The molecule has 0 atom stereocenters. The molecular weight excluding hydrogens is 404 g/mol. The molecule has 1 N–H and O–H groups in total. The van der Waals surface area contributed by atoms with Crippen LogP contribution in [0.15, 0.2) is 57.9 Å². The van der Waals surface area contributed by atoms with Gasteiger partial charge in [0.1, 0.15) is 5.75 Å². The van der Waals surface area contributed by atoms with Crippen LogP contribution < -0.4 is 10.1 Å². The summed E-state index contributed by atoms with van der Waals surface area (Å²) in [6.45, 7) is 7.29. The van der Waals surface area contributed by atoms with E-state index >= 15 is 0 Å². The van der Waals surface area contributed by atoms with E-state index < -0.39 is 10.0 Å². The minimum atomic E-state index is -3.47. The van der Waals surface area contributed by atoms with Crippen LogP contribution in [0.2, 0.25) is 0 Å². The fraction of sp³-hybridized carbons (Fsp3) is 0.333. The van der Waals surface area contributed by atoms with Crippen LogP contribution in [0.3, 0.4) is 0 Å². The van der Waals surface area contributed by atoms with Crippen molar-refractivity contribution in [3.8, 4) is 17.1 Å². The van der Waals surface area contributed by atoms with E-state index in [0.717, 1.165) is 11.3 Å². The SMILES string of the molecule is CCOc1ccccc1-c1noc(CNc2ccc(S(=O)(=O)N(CC)CC)cc2)n1. The van der Waals surface area contributed by atoms with E-state index in [9.17, 15) is 8.42 Å². The van der Waals surface area contributed by atoms with Gasteiger partial charge in [0.05, 0.1) is 23.6 Å². The van der Waals surface area contributed by atoms with E-state index in [1.807, 2.05) is 45.0 Å². The highest BCUT2D eigenvalue weighted by atomic mass is 32.2. The molecule has 8 nitrogen and oxygen atoms in total. The number of hydrogen-bond donors (Lipinski definition) is 1. The van der Waals surface area contributed by atoms with Gasteiger partial charge in [-0.3, -0.25) is 0 Å². The van der Waals surface area contributed by atoms with E-state index in [-0.39, 0.29) is 4.90 Å². The summed E-state index contributed by atoms with van der Waals surface area (Å²) in [6, 6.07) is 14.1. The molecule has 0 saturated carbocycles. The standard InChI is InChI=1S/C21H26N4O4S/c1-4-25(5-2)30(26,27)17-13-11-16(12-14-17)22-15-20-23-21(24-29-20)18-9-7-8-10-19(18)28-6-3/h7-14,22H,4-6,15H2,1-3H3. The van der Waals surface area contributed by atoms with Gasteiger partial charge in [0.25, 0.3) is 0 Å². The van der Waals surface area contributed by atoms with Gasteiger partial charge < -0.3 is 14.6 Å². The predicted molar refractivity (Wildman–Crippen MR) is 115 cm³/mol. The summed E-state index contributed by atoms with van der Waals surface area (Å²) in [7, 11) is -3.47. The molecule has 3 rings (SSSR count). The summed E-state index contributed by atoms with van der Waals surface area (Å²) >= 11 is 0. The third-order valence-electron chi connectivity index (χ3n) is 4.54. The molecule has 1 aromatic heterocycles. The summed E-state index contributed by atoms with van der Waals surface area (Å²) < 4.78 is 37.5. The van der Waals surface area contributed by atoms with Crippen LogP contribution in [0.1, 0.15) is 26.7 Å². The van der Waals surface area contributed by atoms with Crippen molar-refractivity contribution in [3.05, 3.63) is 54.4 Å². The van der Waals surface area contributed by atoms with Gasteiger partial charge in [0.15, 0.2) is 0 Å². The normalized spacial score (nSPS) is 11.6. The first-order chi connectivity index (χ1) is 14.5. The number of nitrogens with zero attached hydrogens (tertiary/aromatic N) is 3. The van der Waals surface area contributed by atoms with Crippen molar-refractivity contribution in [1.29, 1.82) is 0 Å². The minimum Gasteiger partial charge on any atom is -0.493 e. The van der Waals surface area contributed by atoms with Gasteiger partial charge in [0.2, 0.25) is 21.7 Å². The summed E-state index contributed by atoms with van der Waals surface area (Å²) in [4.78, 5) is 4.69. The molecule has 0 aliphatic heterocycles. The third-order valence-corrected chi connectivity index (χ3v) is 6.60. The number of ether oxygens (including phenoxy) is 1. The van der Waals surface area contributed by atoms with Gasteiger partial charge in [-0.25, -0.2) is 8.42 Å². The molecule has 1 heterocycles. The molecule has 0 aliphatic rings. The smallest absolute Gasteiger partial charge is 0.246 e. The molecule has 0 aliphatic carbocycles. The predicted octanol–water partition coefficient (Wildman–Crippen LogP) is 3.78. The van der Waals surface area contributed by atoms with Crippen molar-refractivity contribution in [2.75, 3.05) is 25.0 Å². The quantitative estimate of drug-likeness (QED) is 0.523. The maximum atomic E-state index is 12.6. The van der Waals surface area contributed by atoms with Crippen LogP contribution in [0.5, 0.6) is 5.75 Å². The average molecular weight is 431 g/mol. The molecule has 160 valence electrons. The lowest BCUT2D eigenvalue weighted by Crippen LogP contribution is -2.30. The third kappa shape index (κ3) is 4.80. The number of nitrogens with one attached hydrogen (secondary N) is 1. The van der Waals surface area contributed by atoms with E-state index in [1.165, 1.54) is 4.31 Å². The Morgan fingerprint density at radius 1 is 1.03 bits per heavy atom. The first kappa shape index (κ1) is 21.8. The van der Waals surface area contributed by atoms with E-state index in [2.05, 4.69) is 15.5 Å². The first-order valence-electron chi connectivity index (χ1n) is 9.88. The Hall–Kier alpha value is -2.91. The fourth-order valence-corrected chi connectivity index (χ4v) is 4.46. The Bertz CT molecular complexity index is 1060. The van der Waals surface area contributed by atoms with Gasteiger partial charge >= 0.3 is 0 Å². The van der Waals surface area contributed by atoms with Crippen molar-refractivity contribution in [1.82, 2.24) is 14.4 Å². The maximum absolute atomic E-state index is 12.6. The summed E-state index contributed by atoms with van der Waals surface area (Å²) in [5.41, 5.74) is 1.52. The number of rotatable bonds is 10. The maximum Gasteiger partial charge on any atom is 0.246 e. The van der Waals surface area contributed by atoms with Crippen molar-refractivity contribution in [3.63, 3.8) is 0 Å². The molecule has 0 saturated heterocycles. The van der Waals surface area contributed by atoms with Gasteiger partial charge in [-0.2, -0.15) is 9.29 Å². The number of hydrogen-bond acceptors (Lipinski definition) is 7. The van der Waals surface area contributed by atoms with Crippen molar-refractivity contribution >= 4 is 15.7 Å². The van der Waals surface area contributed by atoms with Crippen molar-refractivity contribution in [2.45, 2.75) is 32.2 Å². The molecule has 9 heteroatoms. The Morgan fingerprint density at radius 3 is 2.40 bits per heavy atom. The highest BCUT2D eigenvalue weighted by Gasteiger charge is 2.21. The lowest BCUT2D eigenvalue weighted by Gasteiger charge is -2.18. The molecule has 0 spiro atoms. The Labute approximate surface area is 176 Å². The number of benzene rings is 2. The molecule has 2 aromatic carbocycles. The number of anilines is 1. The lowest BCUT2D eigenvalue weighted by molar-refractivity contribution is 0.341. The van der Waals surface area contributed by atoms with Gasteiger partial charge in [-0.1, -0.05) is 31.1 Å². The average Bonchev–Trinajstić information content (AvgIpc) is 3.23. The van der Waals surface area contributed by atoms with E-state index in [1.54, 1.807) is 24.3 Å². The molecule has 0 fully saturated rings. The monoisotopic (exact) mass is 430 g/mol. The van der Waals surface area contributed by atoms with Gasteiger partial charge in [-0.05, 0) is 43.3 Å². The van der Waals surface area contributed by atoms with Crippen molar-refractivity contribution in [2.24, 2.45) is 0 Å². The second-order valence-electron chi connectivity index (χ2n) is 6.41. The molecular formula is C21H26N4O4S. The number of aromatic nitrogens is 2. The second-order valence-corrected chi connectivity index (χ2v) is 8.35. The van der Waals surface area contributed by atoms with E-state index in [4.69, 9.17) is 9.26 Å². The summed E-state index contributed by atoms with van der Waals surface area (Å²) in [5.74, 6) is 1.57. The second kappa shape index (κ2) is 9.73. The topological polar surface area (TPSA) is 97.6 Å². The largest absolute Gasteiger partial charge is 0.493 e. The zero-order valence-corrected chi connectivity index (χ0v) is 18.1. The molecule has 3 aromatic rings. The molecule has 0 radical (unpaired) electrons. The number of sulfonamides is 1. The van der Waals surface area contributed by atoms with Gasteiger partial charge in [0, 0.05) is 18.8 Å². The fourth-order valence-electron chi connectivity index (χ4n) is 3.00. The molecule has 30 heavy (non-hydrogen) atoms. The van der Waals surface area contributed by atoms with Crippen LogP contribution in [-0.2, 0) is 16.6 Å². The number of para-hydroxylation sites is 1. The Balaban J connectivity index is 1.67. The van der Waals surface area contributed by atoms with Crippen LogP contribution in [0, 0.1) is 0 Å². The molecule has 0 bridgehead atoms. The highest BCUT2D eigenvalue weighted by Crippen LogP contribution is 2.27. The van der Waals surface area contributed by atoms with Crippen LogP contribution in [-0.4, -0.2) is 42.6 Å². The Kier molecular flexibility index (Phi) is 7.07. The van der Waals surface area contributed by atoms with E-state index in [0.29, 0.717) is 43.7 Å². The summed E-state index contributed by atoms with van der Waals surface area (Å²) in [5, 5.41) is 7.20. The zero-order valence-electron chi connectivity index (χ0n) is 17.3. The first-order valence-corrected chi connectivity index (χ1v) is 11.3. The summed E-state index contributed by atoms with van der Waals surface area (Å²) in [6.07, 6.45) is 0. The van der Waals surface area contributed by atoms with Crippen LogP contribution >= 0.6 is 0 Å². The van der Waals surface area contributed by atoms with Gasteiger partial charge in [-0.15, -0.1) is 0 Å². The zero-order chi connectivity index (χ0) is 21.6. The van der Waals surface area contributed by atoms with Crippen molar-refractivity contribution < 1.29 is 17.7 Å². The van der Waals surface area contributed by atoms with Crippen LogP contribution in [0.25, 0.3) is 11.4 Å². The lowest BCUT2D eigenvalue weighted by atomic mass is 10.2. The minimum absolute atomic E-state index is 0.268. The molecule has 0 amide bonds. The van der Waals surface area contributed by atoms with Crippen LogP contribution in [0.4, 0.5) is 5.69 Å². The molecule has 0 unspecified atom stereocenters.